The number of aromatic hydroxyl groups is 1. The maximum atomic E-state index is 12.5. The highest BCUT2D eigenvalue weighted by Crippen LogP contribution is 2.34. The van der Waals surface area contributed by atoms with Crippen molar-refractivity contribution in [3.63, 3.8) is 0 Å². The minimum absolute atomic E-state index is 0.0835. The molecule has 0 aromatic heterocycles. The number of phenolic OH excluding ortho intramolecular Hbond substituents is 1. The molecule has 0 heterocycles. The fourth-order valence-electron chi connectivity index (χ4n) is 2.23. The lowest BCUT2D eigenvalue weighted by Crippen LogP contribution is -2.27. The van der Waals surface area contributed by atoms with E-state index in [1.807, 2.05) is 0 Å². The van der Waals surface area contributed by atoms with Gasteiger partial charge in [0.25, 0.3) is 5.78 Å². The number of rotatable bonds is 2. The molecule has 118 valence electrons. The number of halogens is 4. The number of aliphatic hydroxyl groups is 1. The molecule has 0 atom stereocenters. The van der Waals surface area contributed by atoms with Crippen LogP contribution in [0.4, 0.5) is 13.2 Å². The van der Waals surface area contributed by atoms with Gasteiger partial charge >= 0.3 is 6.18 Å². The normalized spacial score (nSPS) is 17.9. The summed E-state index contributed by atoms with van der Waals surface area (Å²) < 4.78 is 37.5. The van der Waals surface area contributed by atoms with Gasteiger partial charge in [-0.1, -0.05) is 17.7 Å². The number of ketones is 1. The van der Waals surface area contributed by atoms with Crippen molar-refractivity contribution < 1.29 is 28.2 Å². The first kappa shape index (κ1) is 16.4. The number of phenols is 1. The zero-order valence-electron chi connectivity index (χ0n) is 11.2. The Balaban J connectivity index is 2.40. The summed E-state index contributed by atoms with van der Waals surface area (Å²) in [6, 6.07) is 4.25. The van der Waals surface area contributed by atoms with Crippen LogP contribution in [-0.2, 0) is 4.79 Å². The molecule has 22 heavy (non-hydrogen) atoms. The van der Waals surface area contributed by atoms with E-state index in [1.165, 1.54) is 24.3 Å². The van der Waals surface area contributed by atoms with Crippen molar-refractivity contribution in [1.82, 2.24) is 0 Å². The molecule has 0 radical (unpaired) electrons. The van der Waals surface area contributed by atoms with Gasteiger partial charge in [-0.2, -0.15) is 13.2 Å². The van der Waals surface area contributed by atoms with Gasteiger partial charge in [-0.25, -0.2) is 0 Å². The van der Waals surface area contributed by atoms with Gasteiger partial charge in [0, 0.05) is 5.57 Å². The second kappa shape index (κ2) is 6.04. The van der Waals surface area contributed by atoms with E-state index in [0.717, 1.165) is 0 Å². The molecule has 1 aliphatic carbocycles. The summed E-state index contributed by atoms with van der Waals surface area (Å²) in [6.45, 7) is 0. The summed E-state index contributed by atoms with van der Waals surface area (Å²) in [5, 5.41) is 19.4. The molecule has 0 amide bonds. The number of hydrogen-bond donors (Lipinski definition) is 2. The van der Waals surface area contributed by atoms with Crippen molar-refractivity contribution in [2.24, 2.45) is 0 Å². The van der Waals surface area contributed by atoms with Gasteiger partial charge in [0.2, 0.25) is 0 Å². The van der Waals surface area contributed by atoms with E-state index in [-0.39, 0.29) is 22.8 Å². The standard InChI is InChI=1S/C15H12ClF3O3/c16-11-7-8(4-5-12(11)20)6-9-2-1-3-10(13(9)21)14(22)15(17,18)19/h4-7,20-21H,1-3H2/b9-6+. The van der Waals surface area contributed by atoms with E-state index in [2.05, 4.69) is 0 Å². The van der Waals surface area contributed by atoms with Gasteiger partial charge in [-0.05, 0) is 48.6 Å². The number of benzene rings is 1. The van der Waals surface area contributed by atoms with Crippen molar-refractivity contribution in [2.75, 3.05) is 0 Å². The number of allylic oxidation sites excluding steroid dienone is 2. The minimum atomic E-state index is -5.01. The van der Waals surface area contributed by atoms with E-state index in [1.54, 1.807) is 0 Å². The van der Waals surface area contributed by atoms with Crippen LogP contribution >= 0.6 is 11.6 Å². The summed E-state index contributed by atoms with van der Waals surface area (Å²) in [4.78, 5) is 11.3. The van der Waals surface area contributed by atoms with Crippen molar-refractivity contribution in [3.8, 4) is 5.75 Å². The highest BCUT2D eigenvalue weighted by atomic mass is 35.5. The summed E-state index contributed by atoms with van der Waals surface area (Å²) in [6.07, 6.45) is -2.99. The van der Waals surface area contributed by atoms with E-state index < -0.39 is 23.3 Å². The molecule has 0 saturated carbocycles. The number of Topliss-reactive ketones (excluding diaryl/α,β-unsaturated/α-hetero) is 1. The fourth-order valence-corrected chi connectivity index (χ4v) is 2.42. The zero-order valence-corrected chi connectivity index (χ0v) is 12.0. The van der Waals surface area contributed by atoms with Crippen molar-refractivity contribution >= 4 is 23.5 Å². The highest BCUT2D eigenvalue weighted by Gasteiger charge is 2.42. The van der Waals surface area contributed by atoms with E-state index in [9.17, 15) is 28.2 Å². The Morgan fingerprint density at radius 1 is 1.23 bits per heavy atom. The molecule has 1 aliphatic rings. The molecular formula is C15H12ClF3O3. The number of aliphatic hydroxyl groups excluding tert-OH is 1. The third kappa shape index (κ3) is 3.44. The number of carbonyl (C=O) groups excluding carboxylic acids is 1. The summed E-state index contributed by atoms with van der Waals surface area (Å²) in [5.74, 6) is -2.77. The Morgan fingerprint density at radius 3 is 2.50 bits per heavy atom. The monoisotopic (exact) mass is 332 g/mol. The minimum Gasteiger partial charge on any atom is -0.507 e. The van der Waals surface area contributed by atoms with Gasteiger partial charge in [-0.15, -0.1) is 0 Å². The van der Waals surface area contributed by atoms with Crippen LogP contribution in [0.25, 0.3) is 6.08 Å². The quantitative estimate of drug-likeness (QED) is 0.835. The summed E-state index contributed by atoms with van der Waals surface area (Å²) in [7, 11) is 0. The van der Waals surface area contributed by atoms with E-state index in [4.69, 9.17) is 11.6 Å². The molecule has 2 rings (SSSR count). The van der Waals surface area contributed by atoms with Crippen LogP contribution in [0.5, 0.6) is 5.75 Å². The molecule has 0 fully saturated rings. The Morgan fingerprint density at radius 2 is 1.91 bits per heavy atom. The average molecular weight is 333 g/mol. The third-order valence-electron chi connectivity index (χ3n) is 3.31. The Hall–Kier alpha value is -1.95. The Bertz CT molecular complexity index is 675. The molecule has 7 heteroatoms. The first-order valence-electron chi connectivity index (χ1n) is 6.43. The second-order valence-corrected chi connectivity index (χ2v) is 5.30. The van der Waals surface area contributed by atoms with Crippen LogP contribution in [0.1, 0.15) is 24.8 Å². The lowest BCUT2D eigenvalue weighted by atomic mass is 9.89. The number of carbonyl (C=O) groups is 1. The smallest absolute Gasteiger partial charge is 0.454 e. The molecule has 3 nitrogen and oxygen atoms in total. The van der Waals surface area contributed by atoms with Crippen LogP contribution in [-0.4, -0.2) is 22.2 Å². The molecule has 0 spiro atoms. The van der Waals surface area contributed by atoms with Gasteiger partial charge in [0.15, 0.2) is 0 Å². The molecule has 0 bridgehead atoms. The average Bonchev–Trinajstić information content (AvgIpc) is 2.43. The maximum Gasteiger partial charge on any atom is 0.454 e. The summed E-state index contributed by atoms with van der Waals surface area (Å²) in [5.41, 5.74) is 0.125. The van der Waals surface area contributed by atoms with Gasteiger partial charge < -0.3 is 10.2 Å². The van der Waals surface area contributed by atoms with Gasteiger partial charge in [-0.3, -0.25) is 4.79 Å². The molecule has 0 aliphatic heterocycles. The first-order chi connectivity index (χ1) is 10.2. The molecule has 2 N–H and O–H groups in total. The lowest BCUT2D eigenvalue weighted by Gasteiger charge is -2.19. The predicted octanol–water partition coefficient (Wildman–Crippen LogP) is 4.56. The molecule has 0 unspecified atom stereocenters. The maximum absolute atomic E-state index is 12.5. The SMILES string of the molecule is O=C(C1=C(O)/C(=C/c2ccc(O)c(Cl)c2)CCC1)C(F)(F)F. The molecule has 1 aromatic rings. The van der Waals surface area contributed by atoms with Crippen LogP contribution in [0.3, 0.4) is 0 Å². The topological polar surface area (TPSA) is 57.5 Å². The molecule has 1 aromatic carbocycles. The van der Waals surface area contributed by atoms with Crippen LogP contribution in [0.2, 0.25) is 5.02 Å². The van der Waals surface area contributed by atoms with Crippen molar-refractivity contribution in [3.05, 3.63) is 45.7 Å². The fraction of sp³-hybridized carbons (Fsp3) is 0.267. The first-order valence-corrected chi connectivity index (χ1v) is 6.81. The van der Waals surface area contributed by atoms with Gasteiger partial charge in [0.1, 0.15) is 11.5 Å². The largest absolute Gasteiger partial charge is 0.507 e. The van der Waals surface area contributed by atoms with Crippen molar-refractivity contribution in [2.45, 2.75) is 25.4 Å². The molecular weight excluding hydrogens is 321 g/mol. The Labute approximate surface area is 129 Å². The Kier molecular flexibility index (Phi) is 4.51. The number of alkyl halides is 3. The zero-order chi connectivity index (χ0) is 16.5. The van der Waals surface area contributed by atoms with Crippen LogP contribution in [0.15, 0.2) is 35.1 Å². The predicted molar refractivity (Wildman–Crippen MR) is 75.7 cm³/mol. The van der Waals surface area contributed by atoms with Crippen molar-refractivity contribution in [1.29, 1.82) is 0 Å². The molecule has 0 saturated heterocycles. The lowest BCUT2D eigenvalue weighted by molar-refractivity contribution is -0.167. The van der Waals surface area contributed by atoms with E-state index in [0.29, 0.717) is 18.4 Å². The third-order valence-corrected chi connectivity index (χ3v) is 3.61. The highest BCUT2D eigenvalue weighted by molar-refractivity contribution is 6.32. The summed E-state index contributed by atoms with van der Waals surface area (Å²) >= 11 is 5.75. The number of hydrogen-bond acceptors (Lipinski definition) is 3. The second-order valence-electron chi connectivity index (χ2n) is 4.89. The van der Waals surface area contributed by atoms with Gasteiger partial charge in [0.05, 0.1) is 5.02 Å². The van der Waals surface area contributed by atoms with Crippen LogP contribution in [0, 0.1) is 0 Å². The van der Waals surface area contributed by atoms with Crippen LogP contribution < -0.4 is 0 Å². The van der Waals surface area contributed by atoms with E-state index >= 15 is 0 Å².